The SMILES string of the molecule is CCCCCCCCC(CCCCCC)OC(=O)CCCCCCC(CCCCCC(=O)OC1CCC2(C)C(=CCC3C2CCC2(C)C(C(C)CCC(C)C(C)C)CCC32)C1)CCN(C)C. The number of carbonyl (C=O) groups excluding carboxylic acids is 2. The number of fused-ring (bicyclic) bond motifs is 5. The molecule has 3 fully saturated rings. The highest BCUT2D eigenvalue weighted by molar-refractivity contribution is 5.69. The summed E-state index contributed by atoms with van der Waals surface area (Å²) < 4.78 is 12.3. The van der Waals surface area contributed by atoms with E-state index in [0.29, 0.717) is 23.7 Å². The summed E-state index contributed by atoms with van der Waals surface area (Å²) in [6.07, 6.45) is 43.3. The van der Waals surface area contributed by atoms with Crippen molar-refractivity contribution < 1.29 is 19.1 Å². The Morgan fingerprint density at radius 2 is 1.24 bits per heavy atom. The first-order valence-corrected chi connectivity index (χ1v) is 29.4. The molecule has 4 aliphatic rings. The molecule has 0 saturated heterocycles. The Morgan fingerprint density at radius 3 is 1.89 bits per heavy atom. The van der Waals surface area contributed by atoms with Crippen LogP contribution in [-0.4, -0.2) is 49.7 Å². The van der Waals surface area contributed by atoms with E-state index in [-0.39, 0.29) is 24.1 Å². The molecule has 11 atom stereocenters. The molecule has 0 heterocycles. The molecule has 0 radical (unpaired) electrons. The summed E-state index contributed by atoms with van der Waals surface area (Å²) in [5.41, 5.74) is 2.45. The van der Waals surface area contributed by atoms with Gasteiger partial charge in [-0.3, -0.25) is 9.59 Å². The number of allylic oxidation sites excluding steroid dienone is 1. The van der Waals surface area contributed by atoms with Crippen LogP contribution in [0.4, 0.5) is 0 Å². The maximum absolute atomic E-state index is 13.2. The topological polar surface area (TPSA) is 55.8 Å². The summed E-state index contributed by atoms with van der Waals surface area (Å²) in [4.78, 5) is 28.4. The fourth-order valence-electron chi connectivity index (χ4n) is 14.3. The summed E-state index contributed by atoms with van der Waals surface area (Å²) in [6.45, 7) is 20.8. The monoisotopic (exact) mass is 922 g/mol. The molecule has 11 unspecified atom stereocenters. The van der Waals surface area contributed by atoms with Crippen LogP contribution in [0.15, 0.2) is 11.6 Å². The van der Waals surface area contributed by atoms with Crippen LogP contribution in [0, 0.1) is 58.2 Å². The highest BCUT2D eigenvalue weighted by atomic mass is 16.5. The van der Waals surface area contributed by atoms with Gasteiger partial charge in [0, 0.05) is 19.3 Å². The van der Waals surface area contributed by atoms with Crippen molar-refractivity contribution in [1.29, 1.82) is 0 Å². The Morgan fingerprint density at radius 1 is 0.652 bits per heavy atom. The lowest BCUT2D eigenvalue weighted by Crippen LogP contribution is -2.51. The van der Waals surface area contributed by atoms with Gasteiger partial charge in [-0.2, -0.15) is 0 Å². The van der Waals surface area contributed by atoms with Gasteiger partial charge in [-0.05, 0) is 169 Å². The molecule has 3 saturated carbocycles. The van der Waals surface area contributed by atoms with E-state index in [9.17, 15) is 9.59 Å². The van der Waals surface area contributed by atoms with Gasteiger partial charge in [-0.25, -0.2) is 0 Å². The summed E-state index contributed by atoms with van der Waals surface area (Å²) in [5, 5.41) is 0. The van der Waals surface area contributed by atoms with Gasteiger partial charge in [0.2, 0.25) is 0 Å². The number of hydrogen-bond acceptors (Lipinski definition) is 5. The van der Waals surface area contributed by atoms with E-state index in [0.717, 1.165) is 105 Å². The Bertz CT molecular complexity index is 1370. The number of hydrogen-bond donors (Lipinski definition) is 0. The summed E-state index contributed by atoms with van der Waals surface area (Å²) in [5.74, 6) is 6.71. The molecular formula is C61H111NO4. The Balaban J connectivity index is 1.11. The highest BCUT2D eigenvalue weighted by Gasteiger charge is 2.59. The van der Waals surface area contributed by atoms with Gasteiger partial charge in [-0.1, -0.05) is 176 Å². The van der Waals surface area contributed by atoms with Gasteiger partial charge < -0.3 is 14.4 Å². The van der Waals surface area contributed by atoms with Gasteiger partial charge in [0.15, 0.2) is 0 Å². The number of nitrogens with zero attached hydrogens (tertiary/aromatic N) is 1. The zero-order valence-electron chi connectivity index (χ0n) is 45.7. The van der Waals surface area contributed by atoms with Crippen molar-refractivity contribution in [2.45, 2.75) is 286 Å². The van der Waals surface area contributed by atoms with Gasteiger partial charge in [0.1, 0.15) is 12.2 Å². The van der Waals surface area contributed by atoms with E-state index < -0.39 is 0 Å². The molecule has 0 aromatic heterocycles. The lowest BCUT2D eigenvalue weighted by Gasteiger charge is -2.58. The lowest BCUT2D eigenvalue weighted by atomic mass is 9.47. The van der Waals surface area contributed by atoms with E-state index in [2.05, 4.69) is 80.5 Å². The smallest absolute Gasteiger partial charge is 0.306 e. The highest BCUT2D eigenvalue weighted by Crippen LogP contribution is 2.67. The quantitative estimate of drug-likeness (QED) is 0.0360. The standard InChI is InChI=1S/C61H111NO4/c1-11-13-15-17-18-25-31-52(30-24-16-14-12-2)65-58(63)32-26-20-19-22-28-50(42-45-62(9)10)29-23-21-27-33-59(64)66-53-40-43-60(7)51(46-53)36-37-54-56-39-38-55(61(56,8)44-41-57(54)60)49(6)35-34-48(5)47(3)4/h36,47-50,52-57H,11-35,37-46H2,1-10H3. The summed E-state index contributed by atoms with van der Waals surface area (Å²) in [6, 6.07) is 0. The molecule has 384 valence electrons. The van der Waals surface area contributed by atoms with Gasteiger partial charge in [0.25, 0.3) is 0 Å². The van der Waals surface area contributed by atoms with E-state index in [1.807, 2.05) is 0 Å². The number of unbranched alkanes of at least 4 members (excludes halogenated alkanes) is 13. The number of carbonyl (C=O) groups is 2. The molecule has 4 rings (SSSR count). The van der Waals surface area contributed by atoms with Crippen LogP contribution in [0.5, 0.6) is 0 Å². The normalized spacial score (nSPS) is 28.0. The van der Waals surface area contributed by atoms with Crippen molar-refractivity contribution in [3.05, 3.63) is 11.6 Å². The predicted molar refractivity (Wildman–Crippen MR) is 282 cm³/mol. The van der Waals surface area contributed by atoms with E-state index in [1.54, 1.807) is 5.57 Å². The second-order valence-electron chi connectivity index (χ2n) is 24.6. The summed E-state index contributed by atoms with van der Waals surface area (Å²) in [7, 11) is 4.37. The first-order valence-electron chi connectivity index (χ1n) is 29.4. The minimum Gasteiger partial charge on any atom is -0.462 e. The first kappa shape index (κ1) is 57.2. The van der Waals surface area contributed by atoms with Crippen LogP contribution >= 0.6 is 0 Å². The molecule has 0 N–H and O–H groups in total. The molecule has 66 heavy (non-hydrogen) atoms. The molecule has 0 aromatic carbocycles. The van der Waals surface area contributed by atoms with Crippen LogP contribution in [0.1, 0.15) is 274 Å². The Kier molecular flexibility index (Phi) is 26.4. The molecule has 0 bridgehead atoms. The maximum atomic E-state index is 13.2. The second kappa shape index (κ2) is 30.4. The van der Waals surface area contributed by atoms with Crippen molar-refractivity contribution in [3.63, 3.8) is 0 Å². The lowest BCUT2D eigenvalue weighted by molar-refractivity contribution is -0.152. The fourth-order valence-corrected chi connectivity index (χ4v) is 14.3. The van der Waals surface area contributed by atoms with E-state index >= 15 is 0 Å². The maximum Gasteiger partial charge on any atom is 0.306 e. The zero-order valence-corrected chi connectivity index (χ0v) is 45.7. The van der Waals surface area contributed by atoms with Crippen molar-refractivity contribution in [1.82, 2.24) is 4.90 Å². The molecule has 0 spiro atoms. The summed E-state index contributed by atoms with van der Waals surface area (Å²) >= 11 is 0. The van der Waals surface area contributed by atoms with Crippen molar-refractivity contribution in [2.75, 3.05) is 20.6 Å². The number of ether oxygens (including phenoxy) is 2. The van der Waals surface area contributed by atoms with Crippen LogP contribution < -0.4 is 0 Å². The molecule has 5 nitrogen and oxygen atoms in total. The third-order valence-corrected chi connectivity index (χ3v) is 19.1. The molecule has 4 aliphatic carbocycles. The van der Waals surface area contributed by atoms with Crippen molar-refractivity contribution in [3.8, 4) is 0 Å². The van der Waals surface area contributed by atoms with Crippen LogP contribution in [0.25, 0.3) is 0 Å². The molecule has 0 amide bonds. The molecule has 5 heteroatoms. The van der Waals surface area contributed by atoms with Crippen LogP contribution in [-0.2, 0) is 19.1 Å². The van der Waals surface area contributed by atoms with Gasteiger partial charge >= 0.3 is 11.9 Å². The second-order valence-corrected chi connectivity index (χ2v) is 24.6. The average molecular weight is 923 g/mol. The van der Waals surface area contributed by atoms with Crippen molar-refractivity contribution >= 4 is 11.9 Å². The molecule has 0 aromatic rings. The minimum absolute atomic E-state index is 0.0339. The van der Waals surface area contributed by atoms with E-state index in [1.165, 1.54) is 154 Å². The zero-order chi connectivity index (χ0) is 48.0. The third kappa shape index (κ3) is 18.4. The largest absolute Gasteiger partial charge is 0.462 e. The van der Waals surface area contributed by atoms with Crippen molar-refractivity contribution in [2.24, 2.45) is 58.2 Å². The van der Waals surface area contributed by atoms with Gasteiger partial charge in [0.05, 0.1) is 0 Å². The van der Waals surface area contributed by atoms with E-state index in [4.69, 9.17) is 9.47 Å². The fraction of sp³-hybridized carbons (Fsp3) is 0.934. The Hall–Kier alpha value is -1.36. The minimum atomic E-state index is 0.0339. The average Bonchev–Trinajstić information content (AvgIpc) is 3.65. The third-order valence-electron chi connectivity index (χ3n) is 19.1. The van der Waals surface area contributed by atoms with Crippen LogP contribution in [0.3, 0.4) is 0 Å². The molecular weight excluding hydrogens is 811 g/mol. The number of esters is 2. The molecule has 0 aliphatic heterocycles. The first-order chi connectivity index (χ1) is 31.7. The predicted octanol–water partition coefficient (Wildman–Crippen LogP) is 17.7. The van der Waals surface area contributed by atoms with Gasteiger partial charge in [-0.15, -0.1) is 0 Å². The Labute approximate surface area is 410 Å². The number of rotatable bonds is 35. The van der Waals surface area contributed by atoms with Crippen LogP contribution in [0.2, 0.25) is 0 Å².